The zero-order valence-corrected chi connectivity index (χ0v) is 12.8. The first-order chi connectivity index (χ1) is 8.60. The van der Waals surface area contributed by atoms with Crippen LogP contribution in [-0.2, 0) is 0 Å². The number of nitrogens with one attached hydrogen (secondary N) is 1. The third-order valence-electron chi connectivity index (χ3n) is 3.47. The Hall–Kier alpha value is -0.890. The smallest absolute Gasteiger partial charge is 0.0406 e. The van der Waals surface area contributed by atoms with Gasteiger partial charge in [-0.3, -0.25) is 0 Å². The predicted octanol–water partition coefficient (Wildman–Crippen LogP) is 3.94. The number of hydrogen-bond donors (Lipinski definition) is 2. The number of hydrogen-bond acceptors (Lipinski definition) is 2. The lowest BCUT2D eigenvalue weighted by molar-refractivity contribution is 0.322. The Kier molecular flexibility index (Phi) is 8.65. The lowest BCUT2D eigenvalue weighted by Crippen LogP contribution is -2.30. The second-order valence-electron chi connectivity index (χ2n) is 4.62. The molecule has 3 heteroatoms. The van der Waals surface area contributed by atoms with E-state index >= 15 is 0 Å². The normalized spacial score (nSPS) is 16.9. The topological polar surface area (TPSA) is 38.0 Å². The first-order valence-electron chi connectivity index (χ1n) is 6.53. The third kappa shape index (κ3) is 4.77. The van der Waals surface area contributed by atoms with Crippen LogP contribution in [0.1, 0.15) is 40.0 Å². The van der Waals surface area contributed by atoms with Gasteiger partial charge in [-0.25, -0.2) is 0 Å². The van der Waals surface area contributed by atoms with Crippen LogP contribution < -0.4 is 11.1 Å². The molecule has 0 heterocycles. The monoisotopic (exact) mass is 270 g/mol. The summed E-state index contributed by atoms with van der Waals surface area (Å²) in [6, 6.07) is 0. The number of alkyl halides is 1. The third-order valence-corrected chi connectivity index (χ3v) is 3.63. The highest BCUT2D eigenvalue weighted by atomic mass is 35.5. The molecule has 104 valence electrons. The molecule has 0 aliphatic rings. The van der Waals surface area contributed by atoms with Crippen molar-refractivity contribution in [2.75, 3.05) is 12.9 Å². The van der Waals surface area contributed by atoms with Crippen molar-refractivity contribution in [3.63, 3.8) is 0 Å². The van der Waals surface area contributed by atoms with Gasteiger partial charge in [0.25, 0.3) is 0 Å². The van der Waals surface area contributed by atoms with Crippen LogP contribution in [0.15, 0.2) is 35.7 Å². The summed E-state index contributed by atoms with van der Waals surface area (Å²) < 4.78 is 0. The molecule has 0 aromatic heterocycles. The molecule has 0 aliphatic heterocycles. The first kappa shape index (κ1) is 17.1. The molecule has 18 heavy (non-hydrogen) atoms. The quantitative estimate of drug-likeness (QED) is 0.518. The van der Waals surface area contributed by atoms with E-state index in [9.17, 15) is 0 Å². The number of halogens is 1. The van der Waals surface area contributed by atoms with E-state index in [1.54, 1.807) is 6.20 Å². The van der Waals surface area contributed by atoms with Crippen molar-refractivity contribution < 1.29 is 0 Å². The van der Waals surface area contributed by atoms with Gasteiger partial charge in [0.05, 0.1) is 0 Å². The molecule has 0 rings (SSSR count). The summed E-state index contributed by atoms with van der Waals surface area (Å²) in [5.41, 5.74) is 8.23. The number of nitrogens with two attached hydrogens (primary N) is 1. The molecule has 0 bridgehead atoms. The van der Waals surface area contributed by atoms with E-state index in [-0.39, 0.29) is 5.41 Å². The van der Waals surface area contributed by atoms with Gasteiger partial charge in [-0.05, 0) is 33.1 Å². The van der Waals surface area contributed by atoms with Crippen LogP contribution in [-0.4, -0.2) is 12.9 Å². The zero-order chi connectivity index (χ0) is 14.0. The summed E-state index contributed by atoms with van der Waals surface area (Å²) in [5, 5.41) is 3.24. The molecule has 0 saturated carbocycles. The molecule has 0 spiro atoms. The Morgan fingerprint density at radius 1 is 1.44 bits per heavy atom. The Labute approximate surface area is 117 Å². The largest absolute Gasteiger partial charge is 0.403 e. The van der Waals surface area contributed by atoms with Crippen molar-refractivity contribution in [2.45, 2.75) is 40.0 Å². The molecule has 0 radical (unpaired) electrons. The van der Waals surface area contributed by atoms with Crippen molar-refractivity contribution in [3.05, 3.63) is 35.7 Å². The van der Waals surface area contributed by atoms with Crippen LogP contribution in [0.25, 0.3) is 0 Å². The van der Waals surface area contributed by atoms with E-state index in [1.165, 1.54) is 5.57 Å². The Morgan fingerprint density at radius 2 is 2.11 bits per heavy atom. The fourth-order valence-corrected chi connectivity index (χ4v) is 2.61. The van der Waals surface area contributed by atoms with Gasteiger partial charge in [0.15, 0.2) is 0 Å². The standard InChI is InChI=1S/C15H27ClN2/c1-5-7-9-15(6-2,14(12-17)18-4)11-13(3)8-10-16/h5,7-8,12,18H,6,9-11,17H2,1-4H3/b7-5+,13-8+,14-12-. The average Bonchev–Trinajstić information content (AvgIpc) is 2.37. The summed E-state index contributed by atoms with van der Waals surface area (Å²) in [4.78, 5) is 0. The van der Waals surface area contributed by atoms with Crippen LogP contribution in [0.4, 0.5) is 0 Å². The van der Waals surface area contributed by atoms with Crippen LogP contribution in [0, 0.1) is 5.41 Å². The molecule has 2 nitrogen and oxygen atoms in total. The van der Waals surface area contributed by atoms with Crippen molar-refractivity contribution in [1.29, 1.82) is 0 Å². The molecule has 1 unspecified atom stereocenters. The van der Waals surface area contributed by atoms with Crippen molar-refractivity contribution in [3.8, 4) is 0 Å². The van der Waals surface area contributed by atoms with Crippen LogP contribution in [0.3, 0.4) is 0 Å². The van der Waals surface area contributed by atoms with E-state index < -0.39 is 0 Å². The maximum atomic E-state index is 5.77. The van der Waals surface area contributed by atoms with Crippen molar-refractivity contribution in [2.24, 2.45) is 11.1 Å². The highest BCUT2D eigenvalue weighted by molar-refractivity contribution is 6.18. The Bertz CT molecular complexity index is 318. The SMILES string of the molecule is C/C=C/CC(CC)(C/C(C)=C/CCl)/C(=C/N)NC. The first-order valence-corrected chi connectivity index (χ1v) is 7.06. The van der Waals surface area contributed by atoms with Gasteiger partial charge in [0.1, 0.15) is 0 Å². The van der Waals surface area contributed by atoms with E-state index in [1.807, 2.05) is 14.0 Å². The minimum absolute atomic E-state index is 0.0443. The molecular formula is C15H27ClN2. The summed E-state index contributed by atoms with van der Waals surface area (Å²) in [5.74, 6) is 0.566. The average molecular weight is 271 g/mol. The molecule has 0 fully saturated rings. The van der Waals surface area contributed by atoms with E-state index in [0.717, 1.165) is 25.0 Å². The lowest BCUT2D eigenvalue weighted by Gasteiger charge is -2.35. The van der Waals surface area contributed by atoms with Gasteiger partial charge >= 0.3 is 0 Å². The molecular weight excluding hydrogens is 244 g/mol. The summed E-state index contributed by atoms with van der Waals surface area (Å²) in [6.45, 7) is 6.39. The van der Waals surface area contributed by atoms with E-state index in [0.29, 0.717) is 5.88 Å². The van der Waals surface area contributed by atoms with Gasteiger partial charge in [-0.2, -0.15) is 0 Å². The maximum absolute atomic E-state index is 5.77. The second-order valence-corrected chi connectivity index (χ2v) is 4.93. The van der Waals surface area contributed by atoms with Gasteiger partial charge < -0.3 is 11.1 Å². The number of rotatable bonds is 8. The van der Waals surface area contributed by atoms with Crippen molar-refractivity contribution in [1.82, 2.24) is 5.32 Å². The highest BCUT2D eigenvalue weighted by Gasteiger charge is 2.31. The van der Waals surface area contributed by atoms with Crippen LogP contribution in [0.5, 0.6) is 0 Å². The van der Waals surface area contributed by atoms with Crippen LogP contribution in [0.2, 0.25) is 0 Å². The van der Waals surface area contributed by atoms with E-state index in [2.05, 4.69) is 37.4 Å². The second kappa shape index (κ2) is 9.09. The summed E-state index contributed by atoms with van der Waals surface area (Å²) in [7, 11) is 1.93. The van der Waals surface area contributed by atoms with E-state index in [4.69, 9.17) is 17.3 Å². The lowest BCUT2D eigenvalue weighted by atomic mass is 9.73. The highest BCUT2D eigenvalue weighted by Crippen LogP contribution is 2.40. The maximum Gasteiger partial charge on any atom is 0.0406 e. The fourth-order valence-electron chi connectivity index (χ4n) is 2.34. The molecule has 0 aromatic carbocycles. The van der Waals surface area contributed by atoms with Gasteiger partial charge in [0.2, 0.25) is 0 Å². The fraction of sp³-hybridized carbons (Fsp3) is 0.600. The molecule has 0 aromatic rings. The predicted molar refractivity (Wildman–Crippen MR) is 82.6 cm³/mol. The zero-order valence-electron chi connectivity index (χ0n) is 12.1. The summed E-state index contributed by atoms with van der Waals surface area (Å²) >= 11 is 5.77. The summed E-state index contributed by atoms with van der Waals surface area (Å²) in [6.07, 6.45) is 11.1. The molecule has 1 atom stereocenters. The Morgan fingerprint density at radius 3 is 2.50 bits per heavy atom. The van der Waals surface area contributed by atoms with Gasteiger partial charge in [0, 0.05) is 30.2 Å². The molecule has 0 saturated heterocycles. The molecule has 0 amide bonds. The Balaban J connectivity index is 5.28. The van der Waals surface area contributed by atoms with Crippen LogP contribution >= 0.6 is 11.6 Å². The van der Waals surface area contributed by atoms with Gasteiger partial charge in [-0.1, -0.05) is 30.7 Å². The van der Waals surface area contributed by atoms with Gasteiger partial charge in [-0.15, -0.1) is 11.6 Å². The van der Waals surface area contributed by atoms with Crippen molar-refractivity contribution >= 4 is 11.6 Å². The number of allylic oxidation sites excluding steroid dienone is 5. The molecule has 0 aliphatic carbocycles. The minimum atomic E-state index is 0.0443. The molecule has 3 N–H and O–H groups in total. The minimum Gasteiger partial charge on any atom is -0.403 e.